The van der Waals surface area contributed by atoms with Crippen molar-refractivity contribution in [1.82, 2.24) is 5.32 Å². The summed E-state index contributed by atoms with van der Waals surface area (Å²) >= 11 is 0. The summed E-state index contributed by atoms with van der Waals surface area (Å²) in [5.41, 5.74) is 3.14. The van der Waals surface area contributed by atoms with E-state index in [0.29, 0.717) is 12.1 Å². The van der Waals surface area contributed by atoms with Crippen LogP contribution in [0.4, 0.5) is 0 Å². The zero-order valence-corrected chi connectivity index (χ0v) is 11.9. The van der Waals surface area contributed by atoms with Crippen molar-refractivity contribution in [3.63, 3.8) is 0 Å². The molecule has 1 aliphatic carbocycles. The van der Waals surface area contributed by atoms with Gasteiger partial charge >= 0.3 is 0 Å². The van der Waals surface area contributed by atoms with Gasteiger partial charge in [0.05, 0.1) is 6.10 Å². The molecule has 1 N–H and O–H groups in total. The minimum absolute atomic E-state index is 0.532. The molecule has 1 aromatic rings. The second-order valence-electron chi connectivity index (χ2n) is 6.03. The van der Waals surface area contributed by atoms with Gasteiger partial charge in [0.25, 0.3) is 0 Å². The molecule has 1 fully saturated rings. The molecule has 104 valence electrons. The Morgan fingerprint density at radius 1 is 1.37 bits per heavy atom. The molecule has 1 heterocycles. The predicted molar refractivity (Wildman–Crippen MR) is 78.6 cm³/mol. The summed E-state index contributed by atoms with van der Waals surface area (Å²) in [5, 5.41) is 3.50. The number of fused-ring (bicyclic) bond motifs is 1. The van der Waals surface area contributed by atoms with Crippen LogP contribution in [0.2, 0.25) is 0 Å². The van der Waals surface area contributed by atoms with Crippen LogP contribution in [0, 0.1) is 0 Å². The van der Waals surface area contributed by atoms with Crippen LogP contribution in [0.1, 0.15) is 49.1 Å². The first-order valence-electron chi connectivity index (χ1n) is 7.73. The van der Waals surface area contributed by atoms with E-state index >= 15 is 0 Å². The van der Waals surface area contributed by atoms with Crippen LogP contribution in [-0.2, 0) is 11.2 Å². The third-order valence-corrected chi connectivity index (χ3v) is 4.80. The lowest BCUT2D eigenvalue weighted by Crippen LogP contribution is -2.31. The standard InChI is InChI=1S/C17H25NO/c1-18-15(8-9-16-6-4-10-19-16)12-14-11-13-5-2-3-7-17(13)14/h2-3,5,7,14-16,18H,4,6,8-12H2,1H3. The Kier molecular flexibility index (Phi) is 4.19. The molecule has 0 amide bonds. The Bertz CT molecular complexity index is 411. The third-order valence-electron chi connectivity index (χ3n) is 4.80. The van der Waals surface area contributed by atoms with E-state index in [9.17, 15) is 0 Å². The van der Waals surface area contributed by atoms with Crippen molar-refractivity contribution >= 4 is 0 Å². The number of benzene rings is 1. The van der Waals surface area contributed by atoms with Gasteiger partial charge < -0.3 is 10.1 Å². The summed E-state index contributed by atoms with van der Waals surface area (Å²) in [5.74, 6) is 0.776. The van der Waals surface area contributed by atoms with Gasteiger partial charge in [0.1, 0.15) is 0 Å². The molecule has 0 saturated carbocycles. The number of hydrogen-bond acceptors (Lipinski definition) is 2. The quantitative estimate of drug-likeness (QED) is 0.846. The van der Waals surface area contributed by atoms with Gasteiger partial charge in [-0.3, -0.25) is 0 Å². The van der Waals surface area contributed by atoms with Crippen molar-refractivity contribution in [2.45, 2.75) is 56.6 Å². The maximum atomic E-state index is 5.72. The lowest BCUT2D eigenvalue weighted by Gasteiger charge is -2.33. The van der Waals surface area contributed by atoms with Gasteiger partial charge in [-0.15, -0.1) is 0 Å². The van der Waals surface area contributed by atoms with E-state index < -0.39 is 0 Å². The molecule has 2 heteroatoms. The summed E-state index contributed by atoms with van der Waals surface area (Å²) < 4.78 is 5.72. The molecule has 1 aromatic carbocycles. The summed E-state index contributed by atoms with van der Waals surface area (Å²) in [6, 6.07) is 9.54. The molecule has 3 rings (SSSR count). The van der Waals surface area contributed by atoms with Crippen LogP contribution in [0.5, 0.6) is 0 Å². The molecular formula is C17H25NO. The predicted octanol–water partition coefficient (Wildman–Crippen LogP) is 3.26. The number of ether oxygens (including phenoxy) is 1. The first-order chi connectivity index (χ1) is 9.36. The smallest absolute Gasteiger partial charge is 0.0576 e. The van der Waals surface area contributed by atoms with Crippen molar-refractivity contribution in [2.75, 3.05) is 13.7 Å². The number of hydrogen-bond donors (Lipinski definition) is 1. The lowest BCUT2D eigenvalue weighted by atomic mass is 9.74. The summed E-state index contributed by atoms with van der Waals surface area (Å²) in [4.78, 5) is 0. The molecule has 2 nitrogen and oxygen atoms in total. The van der Waals surface area contributed by atoms with E-state index in [2.05, 4.69) is 36.6 Å². The molecule has 1 saturated heterocycles. The minimum atomic E-state index is 0.532. The highest BCUT2D eigenvalue weighted by Crippen LogP contribution is 2.38. The number of rotatable bonds is 6. The van der Waals surface area contributed by atoms with Crippen LogP contribution < -0.4 is 5.32 Å². The molecule has 0 spiro atoms. The second-order valence-corrected chi connectivity index (χ2v) is 6.03. The lowest BCUT2D eigenvalue weighted by molar-refractivity contribution is 0.0992. The van der Waals surface area contributed by atoms with Gasteiger partial charge in [0.15, 0.2) is 0 Å². The highest BCUT2D eigenvalue weighted by molar-refractivity contribution is 5.39. The van der Waals surface area contributed by atoms with E-state index in [-0.39, 0.29) is 0 Å². The molecule has 1 aliphatic heterocycles. The van der Waals surface area contributed by atoms with Gasteiger partial charge in [0, 0.05) is 12.6 Å². The Morgan fingerprint density at radius 3 is 3.00 bits per heavy atom. The largest absolute Gasteiger partial charge is 0.378 e. The highest BCUT2D eigenvalue weighted by atomic mass is 16.5. The minimum Gasteiger partial charge on any atom is -0.378 e. The monoisotopic (exact) mass is 259 g/mol. The van der Waals surface area contributed by atoms with E-state index in [1.165, 1.54) is 38.5 Å². The van der Waals surface area contributed by atoms with Crippen molar-refractivity contribution in [3.05, 3.63) is 35.4 Å². The van der Waals surface area contributed by atoms with Crippen molar-refractivity contribution < 1.29 is 4.74 Å². The Hall–Kier alpha value is -0.860. The average Bonchev–Trinajstić information content (AvgIpc) is 2.92. The van der Waals surface area contributed by atoms with Gasteiger partial charge in [-0.2, -0.15) is 0 Å². The summed E-state index contributed by atoms with van der Waals surface area (Å²) in [6.07, 6.45) is 8.08. The van der Waals surface area contributed by atoms with E-state index in [4.69, 9.17) is 4.74 Å². The SMILES string of the molecule is CNC(CCC1CCCO1)CC1Cc2ccccc21. The van der Waals surface area contributed by atoms with Crippen LogP contribution >= 0.6 is 0 Å². The number of nitrogens with one attached hydrogen (secondary N) is 1. The topological polar surface area (TPSA) is 21.3 Å². The first kappa shape index (κ1) is 13.1. The molecule has 3 unspecified atom stereocenters. The zero-order valence-electron chi connectivity index (χ0n) is 11.9. The third kappa shape index (κ3) is 3.01. The van der Waals surface area contributed by atoms with Gasteiger partial charge in [-0.05, 0) is 62.6 Å². The zero-order chi connectivity index (χ0) is 13.1. The van der Waals surface area contributed by atoms with Gasteiger partial charge in [-0.25, -0.2) is 0 Å². The van der Waals surface area contributed by atoms with E-state index in [1.807, 2.05) is 0 Å². The first-order valence-corrected chi connectivity index (χ1v) is 7.73. The Balaban J connectivity index is 1.48. The van der Waals surface area contributed by atoms with Crippen LogP contribution in [0.3, 0.4) is 0 Å². The molecule has 2 aliphatic rings. The average molecular weight is 259 g/mol. The normalized spacial score (nSPS) is 26.8. The fraction of sp³-hybridized carbons (Fsp3) is 0.647. The van der Waals surface area contributed by atoms with Gasteiger partial charge in [0.2, 0.25) is 0 Å². The molecule has 0 bridgehead atoms. The van der Waals surface area contributed by atoms with Crippen molar-refractivity contribution in [2.24, 2.45) is 0 Å². The second kappa shape index (κ2) is 6.06. The Labute approximate surface area is 116 Å². The molecule has 0 radical (unpaired) electrons. The van der Waals surface area contributed by atoms with Crippen molar-refractivity contribution in [1.29, 1.82) is 0 Å². The maximum absolute atomic E-state index is 5.72. The van der Waals surface area contributed by atoms with Crippen LogP contribution in [0.25, 0.3) is 0 Å². The fourth-order valence-corrected chi connectivity index (χ4v) is 3.56. The van der Waals surface area contributed by atoms with Gasteiger partial charge in [-0.1, -0.05) is 24.3 Å². The molecular weight excluding hydrogens is 234 g/mol. The van der Waals surface area contributed by atoms with E-state index in [1.54, 1.807) is 11.1 Å². The van der Waals surface area contributed by atoms with Crippen molar-refractivity contribution in [3.8, 4) is 0 Å². The highest BCUT2D eigenvalue weighted by Gasteiger charge is 2.28. The maximum Gasteiger partial charge on any atom is 0.0576 e. The molecule has 3 atom stereocenters. The molecule has 19 heavy (non-hydrogen) atoms. The molecule has 0 aromatic heterocycles. The fourth-order valence-electron chi connectivity index (χ4n) is 3.56. The summed E-state index contributed by atoms with van der Waals surface area (Å²) in [7, 11) is 2.10. The Morgan fingerprint density at radius 2 is 2.26 bits per heavy atom. The van der Waals surface area contributed by atoms with E-state index in [0.717, 1.165) is 12.5 Å². The summed E-state index contributed by atoms with van der Waals surface area (Å²) in [6.45, 7) is 0.977. The van der Waals surface area contributed by atoms with Crippen LogP contribution in [-0.4, -0.2) is 25.8 Å². The van der Waals surface area contributed by atoms with Crippen LogP contribution in [0.15, 0.2) is 24.3 Å².